The summed E-state index contributed by atoms with van der Waals surface area (Å²) >= 11 is 0. The number of nitrogens with one attached hydrogen (secondary N) is 2. The Morgan fingerprint density at radius 3 is 1.50 bits per heavy atom. The van der Waals surface area contributed by atoms with Gasteiger partial charge in [0.15, 0.2) is 12.1 Å². The van der Waals surface area contributed by atoms with Gasteiger partial charge < -0.3 is 25.6 Å². The van der Waals surface area contributed by atoms with E-state index in [0.717, 1.165) is 22.3 Å². The average Bonchev–Trinajstić information content (AvgIpc) is 3.42. The predicted molar refractivity (Wildman–Crippen MR) is 173 cm³/mol. The minimum absolute atomic E-state index is 0.0619. The van der Waals surface area contributed by atoms with Crippen molar-refractivity contribution in [2.24, 2.45) is 0 Å². The summed E-state index contributed by atoms with van der Waals surface area (Å²) in [6.07, 6.45) is -3.23. The third kappa shape index (κ3) is 5.74. The van der Waals surface area contributed by atoms with E-state index >= 15 is 0 Å². The van der Waals surface area contributed by atoms with E-state index in [1.165, 1.54) is 0 Å². The van der Waals surface area contributed by atoms with Gasteiger partial charge >= 0.3 is 12.1 Å². The van der Waals surface area contributed by atoms with Gasteiger partial charge in [-0.05, 0) is 38.9 Å². The Bertz CT molecular complexity index is 1700. The molecule has 8 heteroatoms. The number of carbonyl (C=O) groups is 3. The summed E-state index contributed by atoms with van der Waals surface area (Å²) in [7, 11) is 0. The van der Waals surface area contributed by atoms with Gasteiger partial charge in [0, 0.05) is 5.92 Å². The third-order valence-electron chi connectivity index (χ3n) is 8.40. The molecule has 0 saturated heterocycles. The largest absolute Gasteiger partial charge is 0.480 e. The molecular weight excluding hydrogens is 580 g/mol. The van der Waals surface area contributed by atoms with Crippen molar-refractivity contribution in [3.8, 4) is 11.1 Å². The molecule has 2 amide bonds. The van der Waals surface area contributed by atoms with E-state index in [0.29, 0.717) is 16.7 Å². The van der Waals surface area contributed by atoms with E-state index in [9.17, 15) is 24.6 Å². The van der Waals surface area contributed by atoms with Crippen LogP contribution >= 0.6 is 0 Å². The first-order valence-corrected chi connectivity index (χ1v) is 14.9. The summed E-state index contributed by atoms with van der Waals surface area (Å²) in [5, 5.41) is 26.3. The van der Waals surface area contributed by atoms with Gasteiger partial charge in [-0.3, -0.25) is 4.79 Å². The lowest BCUT2D eigenvalue weighted by atomic mass is 9.76. The highest BCUT2D eigenvalue weighted by molar-refractivity contribution is 5.91. The van der Waals surface area contributed by atoms with Gasteiger partial charge in [-0.1, -0.05) is 140 Å². The van der Waals surface area contributed by atoms with Gasteiger partial charge in [-0.25, -0.2) is 9.59 Å². The zero-order valence-electron chi connectivity index (χ0n) is 24.7. The van der Waals surface area contributed by atoms with Crippen LogP contribution in [-0.4, -0.2) is 46.9 Å². The Morgan fingerprint density at radius 2 is 1.07 bits per heavy atom. The topological polar surface area (TPSA) is 125 Å². The fourth-order valence-corrected chi connectivity index (χ4v) is 6.23. The van der Waals surface area contributed by atoms with E-state index in [-0.39, 0.29) is 12.5 Å². The Morgan fingerprint density at radius 1 is 0.652 bits per heavy atom. The Hall–Kier alpha value is -5.73. The van der Waals surface area contributed by atoms with E-state index in [2.05, 4.69) is 10.6 Å². The van der Waals surface area contributed by atoms with Crippen molar-refractivity contribution in [1.29, 1.82) is 0 Å². The first-order valence-electron chi connectivity index (χ1n) is 14.9. The minimum atomic E-state index is -2.16. The molecule has 0 spiro atoms. The van der Waals surface area contributed by atoms with E-state index < -0.39 is 35.7 Å². The quantitative estimate of drug-likeness (QED) is 0.156. The molecule has 8 nitrogen and oxygen atoms in total. The van der Waals surface area contributed by atoms with Crippen molar-refractivity contribution in [3.63, 3.8) is 0 Å². The Labute approximate surface area is 266 Å². The van der Waals surface area contributed by atoms with Crippen LogP contribution in [0.2, 0.25) is 0 Å². The highest BCUT2D eigenvalue weighted by atomic mass is 16.5. The maximum Gasteiger partial charge on any atom is 0.407 e. The summed E-state index contributed by atoms with van der Waals surface area (Å²) < 4.78 is 5.50. The normalized spacial score (nSPS) is 13.5. The second-order valence-corrected chi connectivity index (χ2v) is 11.1. The van der Waals surface area contributed by atoms with Crippen molar-refractivity contribution in [2.75, 3.05) is 6.61 Å². The maximum absolute atomic E-state index is 13.8. The molecule has 2 atom stereocenters. The smallest absolute Gasteiger partial charge is 0.407 e. The Kier molecular flexibility index (Phi) is 8.63. The van der Waals surface area contributed by atoms with E-state index in [1.54, 1.807) is 0 Å². The Balaban J connectivity index is 1.24. The van der Waals surface area contributed by atoms with E-state index in [1.807, 2.05) is 140 Å². The molecule has 0 aromatic heterocycles. The first-order chi connectivity index (χ1) is 22.4. The maximum atomic E-state index is 13.8. The van der Waals surface area contributed by atoms with Gasteiger partial charge in [-0.2, -0.15) is 0 Å². The number of rotatable bonds is 10. The minimum Gasteiger partial charge on any atom is -0.480 e. The standard InChI is InChI=1S/C38H32N2O6/c41-34(33(36(43)44)39-37(45)46-24-32-30-22-12-10-20-28(30)29-21-11-13-23-31(29)32)35(42)40-38(25-14-4-1-5-15-25,26-16-6-2-7-17-26)27-18-8-3-9-19-27/h1-23,32-34,41H,24H2,(H,39,45)(H,40,42)(H,43,44)/t33-,34-/m1/s1. The molecule has 46 heavy (non-hydrogen) atoms. The van der Waals surface area contributed by atoms with Gasteiger partial charge in [0.2, 0.25) is 0 Å². The van der Waals surface area contributed by atoms with Crippen molar-refractivity contribution in [1.82, 2.24) is 10.6 Å². The van der Waals surface area contributed by atoms with Crippen molar-refractivity contribution < 1.29 is 29.3 Å². The van der Waals surface area contributed by atoms with Gasteiger partial charge in [0.25, 0.3) is 5.91 Å². The fraction of sp³-hybridized carbons (Fsp3) is 0.132. The number of aliphatic hydroxyl groups is 1. The van der Waals surface area contributed by atoms with Gasteiger partial charge in [-0.15, -0.1) is 0 Å². The van der Waals surface area contributed by atoms with Crippen LogP contribution in [0.15, 0.2) is 140 Å². The summed E-state index contributed by atoms with van der Waals surface area (Å²) in [6, 6.07) is 41.2. The average molecular weight is 613 g/mol. The molecule has 0 radical (unpaired) electrons. The number of alkyl carbamates (subject to hydrolysis) is 1. The second-order valence-electron chi connectivity index (χ2n) is 11.1. The molecule has 0 aliphatic heterocycles. The summed E-state index contributed by atoms with van der Waals surface area (Å²) in [6.45, 7) is -0.0619. The monoisotopic (exact) mass is 612 g/mol. The van der Waals surface area contributed by atoms with Crippen molar-refractivity contribution >= 4 is 18.0 Å². The zero-order chi connectivity index (χ0) is 32.1. The highest BCUT2D eigenvalue weighted by Crippen LogP contribution is 2.44. The molecule has 0 heterocycles. The number of ether oxygens (including phenoxy) is 1. The van der Waals surface area contributed by atoms with Crippen LogP contribution in [0, 0.1) is 0 Å². The lowest BCUT2D eigenvalue weighted by molar-refractivity contribution is -0.147. The molecule has 0 saturated carbocycles. The predicted octanol–water partition coefficient (Wildman–Crippen LogP) is 5.45. The molecule has 0 fully saturated rings. The molecule has 1 aliphatic rings. The van der Waals surface area contributed by atoms with Crippen LogP contribution in [0.4, 0.5) is 4.79 Å². The van der Waals surface area contributed by atoms with Crippen LogP contribution in [0.3, 0.4) is 0 Å². The molecule has 5 aromatic rings. The third-order valence-corrected chi connectivity index (χ3v) is 8.40. The fourth-order valence-electron chi connectivity index (χ4n) is 6.23. The number of amides is 2. The van der Waals surface area contributed by atoms with E-state index in [4.69, 9.17) is 4.74 Å². The summed E-state index contributed by atoms with van der Waals surface area (Å²) in [5.41, 5.74) is 4.82. The number of benzene rings is 5. The molecule has 6 rings (SSSR count). The molecule has 0 bridgehead atoms. The molecule has 0 unspecified atom stereocenters. The number of aliphatic carboxylic acids is 1. The van der Waals surface area contributed by atoms with Crippen LogP contribution in [0.25, 0.3) is 11.1 Å². The molecular formula is C38H32N2O6. The lowest BCUT2D eigenvalue weighted by Gasteiger charge is -2.38. The zero-order valence-corrected chi connectivity index (χ0v) is 24.7. The lowest BCUT2D eigenvalue weighted by Crippen LogP contribution is -2.58. The summed E-state index contributed by atoms with van der Waals surface area (Å²) in [5.74, 6) is -2.85. The number of hydrogen-bond acceptors (Lipinski definition) is 5. The number of carboxylic acid groups (broad SMARTS) is 1. The molecule has 230 valence electrons. The van der Waals surface area contributed by atoms with Crippen LogP contribution in [-0.2, 0) is 19.9 Å². The number of carbonyl (C=O) groups excluding carboxylic acids is 2. The second kappa shape index (κ2) is 13.1. The SMILES string of the molecule is O=C(N[C@@H](C(=O)O)[C@@H](O)C(=O)NC(c1ccccc1)(c1ccccc1)c1ccccc1)OCC1c2ccccc2-c2ccccc21. The van der Waals surface area contributed by atoms with Crippen LogP contribution in [0.5, 0.6) is 0 Å². The van der Waals surface area contributed by atoms with Crippen LogP contribution in [0.1, 0.15) is 33.7 Å². The van der Waals surface area contributed by atoms with Crippen LogP contribution < -0.4 is 10.6 Å². The van der Waals surface area contributed by atoms with Crippen molar-refractivity contribution in [2.45, 2.75) is 23.6 Å². The van der Waals surface area contributed by atoms with Gasteiger partial charge in [0.1, 0.15) is 12.1 Å². The van der Waals surface area contributed by atoms with Crippen molar-refractivity contribution in [3.05, 3.63) is 167 Å². The number of aliphatic hydroxyl groups excluding tert-OH is 1. The first kappa shape index (κ1) is 30.3. The number of hydrogen-bond donors (Lipinski definition) is 4. The number of carboxylic acids is 1. The highest BCUT2D eigenvalue weighted by Gasteiger charge is 2.42. The summed E-state index contributed by atoms with van der Waals surface area (Å²) in [4.78, 5) is 39.1. The molecule has 4 N–H and O–H groups in total. The molecule has 1 aliphatic carbocycles. The molecule has 5 aromatic carbocycles. The number of fused-ring (bicyclic) bond motifs is 3. The van der Waals surface area contributed by atoms with Gasteiger partial charge in [0.05, 0.1) is 0 Å².